The van der Waals surface area contributed by atoms with Crippen LogP contribution in [0.1, 0.15) is 16.7 Å². The lowest BCUT2D eigenvalue weighted by atomic mass is 10.1. The molecular formula is C15H9FN2O. The van der Waals surface area contributed by atoms with Crippen molar-refractivity contribution in [3.8, 4) is 23.6 Å². The number of halogens is 1. The fourth-order valence-corrected chi connectivity index (χ4v) is 1.58. The predicted octanol–water partition coefficient (Wildman–Crippen LogP) is 3.67. The van der Waals surface area contributed by atoms with Crippen molar-refractivity contribution in [2.24, 2.45) is 0 Å². The fourth-order valence-electron chi connectivity index (χ4n) is 1.58. The van der Waals surface area contributed by atoms with Crippen LogP contribution in [0, 0.1) is 35.4 Å². The molecule has 0 fully saturated rings. The molecule has 0 spiro atoms. The smallest absolute Gasteiger partial charge is 0.145 e. The van der Waals surface area contributed by atoms with E-state index in [1.165, 1.54) is 12.1 Å². The Balaban J connectivity index is 2.42. The van der Waals surface area contributed by atoms with Gasteiger partial charge in [0.2, 0.25) is 0 Å². The van der Waals surface area contributed by atoms with Crippen molar-refractivity contribution in [1.82, 2.24) is 0 Å². The second-order valence-electron chi connectivity index (χ2n) is 3.95. The molecule has 0 radical (unpaired) electrons. The van der Waals surface area contributed by atoms with E-state index in [1.54, 1.807) is 18.2 Å². The summed E-state index contributed by atoms with van der Waals surface area (Å²) in [6.45, 7) is 1.83. The third kappa shape index (κ3) is 2.70. The van der Waals surface area contributed by atoms with Gasteiger partial charge in [-0.25, -0.2) is 4.39 Å². The van der Waals surface area contributed by atoms with Gasteiger partial charge in [-0.2, -0.15) is 10.5 Å². The van der Waals surface area contributed by atoms with Crippen LogP contribution in [0.2, 0.25) is 0 Å². The average molecular weight is 252 g/mol. The standard InChI is InChI=1S/C15H9FN2O/c1-10-2-3-11(8-17)6-15(10)19-14-5-4-13(16)7-12(14)9-18/h2-7H,1H3. The van der Waals surface area contributed by atoms with Gasteiger partial charge in [-0.05, 0) is 42.8 Å². The van der Waals surface area contributed by atoms with Crippen LogP contribution in [0.15, 0.2) is 36.4 Å². The largest absolute Gasteiger partial charge is 0.456 e. The number of hydrogen-bond acceptors (Lipinski definition) is 3. The highest BCUT2D eigenvalue weighted by Gasteiger charge is 2.08. The molecule has 0 unspecified atom stereocenters. The van der Waals surface area contributed by atoms with Crippen LogP contribution in [0.5, 0.6) is 11.5 Å². The Labute approximate surface area is 110 Å². The van der Waals surface area contributed by atoms with E-state index in [0.29, 0.717) is 11.3 Å². The second-order valence-corrected chi connectivity index (χ2v) is 3.95. The third-order valence-electron chi connectivity index (χ3n) is 2.60. The minimum absolute atomic E-state index is 0.113. The van der Waals surface area contributed by atoms with Gasteiger partial charge in [-0.1, -0.05) is 6.07 Å². The summed E-state index contributed by atoms with van der Waals surface area (Å²) in [6, 6.07) is 12.6. The maximum Gasteiger partial charge on any atom is 0.145 e. The molecule has 0 atom stereocenters. The van der Waals surface area contributed by atoms with Gasteiger partial charge >= 0.3 is 0 Å². The van der Waals surface area contributed by atoms with E-state index in [0.717, 1.165) is 11.6 Å². The monoisotopic (exact) mass is 252 g/mol. The van der Waals surface area contributed by atoms with Gasteiger partial charge in [0.25, 0.3) is 0 Å². The summed E-state index contributed by atoms with van der Waals surface area (Å²) in [5, 5.41) is 17.8. The van der Waals surface area contributed by atoms with Gasteiger partial charge in [0.15, 0.2) is 0 Å². The summed E-state index contributed by atoms with van der Waals surface area (Å²) < 4.78 is 18.6. The van der Waals surface area contributed by atoms with Crippen molar-refractivity contribution in [3.05, 3.63) is 58.9 Å². The highest BCUT2D eigenvalue weighted by Crippen LogP contribution is 2.28. The average Bonchev–Trinajstić information content (AvgIpc) is 2.43. The summed E-state index contributed by atoms with van der Waals surface area (Å²) >= 11 is 0. The number of aryl methyl sites for hydroxylation is 1. The first-order chi connectivity index (χ1) is 9.13. The zero-order chi connectivity index (χ0) is 13.8. The second kappa shape index (κ2) is 5.20. The maximum atomic E-state index is 13.0. The lowest BCUT2D eigenvalue weighted by Crippen LogP contribution is -1.92. The summed E-state index contributed by atoms with van der Waals surface area (Å²) in [5.74, 6) is 0.246. The molecule has 0 aliphatic carbocycles. The van der Waals surface area contributed by atoms with Crippen LogP contribution in [-0.4, -0.2) is 0 Å². The normalized spacial score (nSPS) is 9.47. The first kappa shape index (κ1) is 12.6. The molecule has 2 aromatic carbocycles. The van der Waals surface area contributed by atoms with Crippen molar-refractivity contribution < 1.29 is 9.13 Å². The van der Waals surface area contributed by atoms with Crippen molar-refractivity contribution in [2.45, 2.75) is 6.92 Å². The lowest BCUT2D eigenvalue weighted by molar-refractivity contribution is 0.475. The minimum atomic E-state index is -0.494. The molecule has 0 aliphatic heterocycles. The molecule has 0 heterocycles. The molecule has 0 aliphatic rings. The lowest BCUT2D eigenvalue weighted by Gasteiger charge is -2.10. The number of nitriles is 2. The molecular weight excluding hydrogens is 243 g/mol. The zero-order valence-corrected chi connectivity index (χ0v) is 10.1. The highest BCUT2D eigenvalue weighted by molar-refractivity contribution is 5.48. The molecule has 2 aromatic rings. The van der Waals surface area contributed by atoms with Crippen LogP contribution in [0.4, 0.5) is 4.39 Å². The quantitative estimate of drug-likeness (QED) is 0.819. The van der Waals surface area contributed by atoms with Gasteiger partial charge < -0.3 is 4.74 Å². The zero-order valence-electron chi connectivity index (χ0n) is 10.1. The van der Waals surface area contributed by atoms with Crippen LogP contribution in [-0.2, 0) is 0 Å². The predicted molar refractivity (Wildman–Crippen MR) is 67.1 cm³/mol. The third-order valence-corrected chi connectivity index (χ3v) is 2.60. The van der Waals surface area contributed by atoms with Gasteiger partial charge in [0.1, 0.15) is 23.4 Å². The minimum Gasteiger partial charge on any atom is -0.456 e. The number of ether oxygens (including phenoxy) is 1. The van der Waals surface area contributed by atoms with E-state index in [1.807, 2.05) is 19.1 Å². The molecule has 3 nitrogen and oxygen atoms in total. The van der Waals surface area contributed by atoms with Gasteiger partial charge in [-0.3, -0.25) is 0 Å². The van der Waals surface area contributed by atoms with Crippen LogP contribution < -0.4 is 4.74 Å². The Bertz CT molecular complexity index is 711. The summed E-state index contributed by atoms with van der Waals surface area (Å²) in [5.41, 5.74) is 1.40. The van der Waals surface area contributed by atoms with Crippen molar-refractivity contribution in [2.75, 3.05) is 0 Å². The molecule has 0 aromatic heterocycles. The van der Waals surface area contributed by atoms with Crippen molar-refractivity contribution in [1.29, 1.82) is 10.5 Å². The number of hydrogen-bond donors (Lipinski definition) is 0. The Morgan fingerprint density at radius 3 is 2.47 bits per heavy atom. The van der Waals surface area contributed by atoms with Crippen molar-refractivity contribution >= 4 is 0 Å². The van der Waals surface area contributed by atoms with E-state index in [9.17, 15) is 4.39 Å². The van der Waals surface area contributed by atoms with E-state index < -0.39 is 5.82 Å². The number of nitrogens with zero attached hydrogens (tertiary/aromatic N) is 2. The Morgan fingerprint density at radius 2 is 1.79 bits per heavy atom. The molecule has 2 rings (SSSR count). The molecule has 92 valence electrons. The fraction of sp³-hybridized carbons (Fsp3) is 0.0667. The number of benzene rings is 2. The Kier molecular flexibility index (Phi) is 3.45. The number of rotatable bonds is 2. The molecule has 0 bridgehead atoms. The van der Waals surface area contributed by atoms with E-state index in [4.69, 9.17) is 15.3 Å². The van der Waals surface area contributed by atoms with Gasteiger partial charge in [0.05, 0.1) is 17.2 Å². The first-order valence-electron chi connectivity index (χ1n) is 5.52. The van der Waals surface area contributed by atoms with E-state index >= 15 is 0 Å². The molecule has 0 amide bonds. The maximum absolute atomic E-state index is 13.0. The molecule has 0 saturated carbocycles. The van der Waals surface area contributed by atoms with Gasteiger partial charge in [0, 0.05) is 0 Å². The first-order valence-corrected chi connectivity index (χ1v) is 5.52. The van der Waals surface area contributed by atoms with Crippen LogP contribution in [0.3, 0.4) is 0 Å². The highest BCUT2D eigenvalue weighted by atomic mass is 19.1. The molecule has 4 heteroatoms. The Hall–Kier alpha value is -2.85. The summed E-state index contributed by atoms with van der Waals surface area (Å²) in [7, 11) is 0. The van der Waals surface area contributed by atoms with E-state index in [2.05, 4.69) is 0 Å². The molecule has 0 N–H and O–H groups in total. The van der Waals surface area contributed by atoms with Gasteiger partial charge in [-0.15, -0.1) is 0 Å². The summed E-state index contributed by atoms with van der Waals surface area (Å²) in [6.07, 6.45) is 0. The molecule has 19 heavy (non-hydrogen) atoms. The van der Waals surface area contributed by atoms with Crippen LogP contribution in [0.25, 0.3) is 0 Å². The van der Waals surface area contributed by atoms with Crippen molar-refractivity contribution in [3.63, 3.8) is 0 Å². The summed E-state index contributed by atoms with van der Waals surface area (Å²) in [4.78, 5) is 0. The molecule has 0 saturated heterocycles. The SMILES string of the molecule is Cc1ccc(C#N)cc1Oc1ccc(F)cc1C#N. The Morgan fingerprint density at radius 1 is 1.00 bits per heavy atom. The topological polar surface area (TPSA) is 56.8 Å². The van der Waals surface area contributed by atoms with E-state index in [-0.39, 0.29) is 11.3 Å². The van der Waals surface area contributed by atoms with Crippen LogP contribution >= 0.6 is 0 Å².